The maximum atomic E-state index is 12.5. The van der Waals surface area contributed by atoms with Crippen molar-refractivity contribution < 1.29 is 14.7 Å². The van der Waals surface area contributed by atoms with Crippen LogP contribution in [0.15, 0.2) is 29.2 Å². The van der Waals surface area contributed by atoms with Gasteiger partial charge in [-0.15, -0.1) is 0 Å². The van der Waals surface area contributed by atoms with E-state index in [1.54, 1.807) is 6.08 Å². The summed E-state index contributed by atoms with van der Waals surface area (Å²) >= 11 is 12.6. The molecule has 1 fully saturated rings. The van der Waals surface area contributed by atoms with Gasteiger partial charge >= 0.3 is 5.97 Å². The number of pyridine rings is 1. The van der Waals surface area contributed by atoms with E-state index in [1.165, 1.54) is 4.90 Å². The maximum Gasteiger partial charge on any atom is 0.305 e. The third-order valence-corrected chi connectivity index (χ3v) is 5.42. The van der Waals surface area contributed by atoms with Crippen molar-refractivity contribution in [1.29, 1.82) is 0 Å². The number of fused-ring (bicyclic) bond motifs is 1. The van der Waals surface area contributed by atoms with E-state index in [9.17, 15) is 9.59 Å². The number of benzene rings is 1. The van der Waals surface area contributed by atoms with E-state index in [1.807, 2.05) is 31.2 Å². The van der Waals surface area contributed by atoms with E-state index >= 15 is 0 Å². The summed E-state index contributed by atoms with van der Waals surface area (Å²) in [7, 11) is 0. The molecule has 1 aliphatic rings. The Labute approximate surface area is 158 Å². The van der Waals surface area contributed by atoms with Gasteiger partial charge in [0.05, 0.1) is 16.8 Å². The van der Waals surface area contributed by atoms with Crippen molar-refractivity contribution in [2.75, 3.05) is 6.54 Å². The van der Waals surface area contributed by atoms with Gasteiger partial charge in [-0.25, -0.2) is 4.98 Å². The SMILES string of the molecule is Cc1cccc2cc(C=C3SC(=S)N(CCC(=O)O)C3=O)c(Cl)nc12. The first kappa shape index (κ1) is 17.8. The molecule has 1 amide bonds. The Hall–Kier alpha value is -1.96. The van der Waals surface area contributed by atoms with Gasteiger partial charge in [-0.3, -0.25) is 14.5 Å². The van der Waals surface area contributed by atoms with Gasteiger partial charge in [0.1, 0.15) is 9.47 Å². The molecule has 1 aromatic carbocycles. The van der Waals surface area contributed by atoms with Gasteiger partial charge in [-0.2, -0.15) is 0 Å². The number of nitrogens with zero attached hydrogens (tertiary/aromatic N) is 2. The molecule has 0 aliphatic carbocycles. The molecule has 2 heterocycles. The third kappa shape index (κ3) is 3.68. The molecule has 25 heavy (non-hydrogen) atoms. The number of carbonyl (C=O) groups excluding carboxylic acids is 1. The molecule has 0 saturated carbocycles. The number of hydrogen-bond donors (Lipinski definition) is 1. The smallest absolute Gasteiger partial charge is 0.305 e. The average molecular weight is 393 g/mol. The van der Waals surface area contributed by atoms with Gasteiger partial charge in [-0.1, -0.05) is 53.8 Å². The summed E-state index contributed by atoms with van der Waals surface area (Å²) in [6, 6.07) is 7.70. The largest absolute Gasteiger partial charge is 0.481 e. The van der Waals surface area contributed by atoms with Crippen molar-refractivity contribution in [3.63, 3.8) is 0 Å². The number of aliphatic carboxylic acids is 1. The van der Waals surface area contributed by atoms with E-state index in [0.717, 1.165) is 28.2 Å². The Morgan fingerprint density at radius 3 is 2.96 bits per heavy atom. The molecule has 2 aromatic rings. The molecule has 0 radical (unpaired) electrons. The Balaban J connectivity index is 1.94. The zero-order valence-corrected chi connectivity index (χ0v) is 15.5. The predicted octanol–water partition coefficient (Wildman–Crippen LogP) is 3.87. The van der Waals surface area contributed by atoms with Gasteiger partial charge in [0.25, 0.3) is 5.91 Å². The van der Waals surface area contributed by atoms with Crippen molar-refractivity contribution in [3.8, 4) is 0 Å². The third-order valence-electron chi connectivity index (χ3n) is 3.74. The molecule has 128 valence electrons. The molecule has 1 N–H and O–H groups in total. The van der Waals surface area contributed by atoms with Crippen LogP contribution < -0.4 is 0 Å². The number of aromatic nitrogens is 1. The monoisotopic (exact) mass is 392 g/mol. The highest BCUT2D eigenvalue weighted by molar-refractivity contribution is 8.26. The van der Waals surface area contributed by atoms with Crippen molar-refractivity contribution in [2.45, 2.75) is 13.3 Å². The zero-order chi connectivity index (χ0) is 18.1. The fourth-order valence-electron chi connectivity index (χ4n) is 2.48. The van der Waals surface area contributed by atoms with E-state index in [4.69, 9.17) is 28.9 Å². The number of aryl methyl sites for hydroxylation is 1. The van der Waals surface area contributed by atoms with Gasteiger partial charge in [0.15, 0.2) is 0 Å². The molecule has 8 heteroatoms. The van der Waals surface area contributed by atoms with E-state index in [-0.39, 0.29) is 18.9 Å². The summed E-state index contributed by atoms with van der Waals surface area (Å²) in [4.78, 5) is 29.3. The summed E-state index contributed by atoms with van der Waals surface area (Å²) in [6.45, 7) is 2.01. The molecule has 1 saturated heterocycles. The number of amides is 1. The number of hydrogen-bond acceptors (Lipinski definition) is 5. The first-order valence-corrected chi connectivity index (χ1v) is 9.00. The number of halogens is 1. The second-order valence-electron chi connectivity index (χ2n) is 5.49. The number of carbonyl (C=O) groups is 2. The standard InChI is InChI=1S/C17H13ClN2O3S2/c1-9-3-2-4-10-7-11(15(18)19-14(9)10)8-12-16(23)20(17(24)25-12)6-5-13(21)22/h2-4,7-8H,5-6H2,1H3,(H,21,22). The van der Waals surface area contributed by atoms with Crippen LogP contribution in [0.5, 0.6) is 0 Å². The summed E-state index contributed by atoms with van der Waals surface area (Å²) in [5, 5.41) is 10.0. The van der Waals surface area contributed by atoms with E-state index in [0.29, 0.717) is 19.9 Å². The topological polar surface area (TPSA) is 70.5 Å². The lowest BCUT2D eigenvalue weighted by molar-refractivity contribution is -0.137. The van der Waals surface area contributed by atoms with Crippen LogP contribution in [0.3, 0.4) is 0 Å². The van der Waals surface area contributed by atoms with Crippen LogP contribution in [0.4, 0.5) is 0 Å². The minimum absolute atomic E-state index is 0.0558. The predicted molar refractivity (Wildman–Crippen MR) is 104 cm³/mol. The Bertz CT molecular complexity index is 943. The van der Waals surface area contributed by atoms with Crippen LogP contribution in [0.25, 0.3) is 17.0 Å². The van der Waals surface area contributed by atoms with E-state index in [2.05, 4.69) is 4.98 Å². The minimum atomic E-state index is -0.977. The summed E-state index contributed by atoms with van der Waals surface area (Å²) in [6.07, 6.45) is 1.49. The maximum absolute atomic E-state index is 12.5. The molecule has 0 spiro atoms. The van der Waals surface area contributed by atoms with E-state index < -0.39 is 5.97 Å². The van der Waals surface area contributed by atoms with Crippen LogP contribution in [0, 0.1) is 6.92 Å². The second-order valence-corrected chi connectivity index (χ2v) is 7.53. The summed E-state index contributed by atoms with van der Waals surface area (Å²) < 4.78 is 0.346. The Morgan fingerprint density at radius 1 is 1.48 bits per heavy atom. The number of rotatable bonds is 4. The number of carboxylic acid groups (broad SMARTS) is 1. The number of para-hydroxylation sites is 1. The molecule has 1 aliphatic heterocycles. The van der Waals surface area contributed by atoms with Gasteiger partial charge in [0.2, 0.25) is 0 Å². The van der Waals surface area contributed by atoms with Crippen LogP contribution in [0.2, 0.25) is 5.15 Å². The fourth-order valence-corrected chi connectivity index (χ4v) is 3.98. The van der Waals surface area contributed by atoms with Crippen molar-refractivity contribution in [3.05, 3.63) is 45.5 Å². The number of thioether (sulfide) groups is 1. The normalized spacial score (nSPS) is 16.2. The van der Waals surface area contributed by atoms with Crippen LogP contribution in [-0.2, 0) is 9.59 Å². The van der Waals surface area contributed by atoms with Crippen LogP contribution in [-0.4, -0.2) is 37.7 Å². The molecular formula is C17H13ClN2O3S2. The Kier molecular flexibility index (Phi) is 5.08. The highest BCUT2D eigenvalue weighted by Gasteiger charge is 2.32. The number of thiocarbonyl (C=S) groups is 1. The molecule has 0 unspecified atom stereocenters. The second kappa shape index (κ2) is 7.11. The number of carboxylic acids is 1. The highest BCUT2D eigenvalue weighted by atomic mass is 35.5. The van der Waals surface area contributed by atoms with Crippen LogP contribution in [0.1, 0.15) is 17.5 Å². The molecule has 0 atom stereocenters. The van der Waals surface area contributed by atoms with Gasteiger partial charge < -0.3 is 5.11 Å². The molecular weight excluding hydrogens is 380 g/mol. The first-order chi connectivity index (χ1) is 11.9. The average Bonchev–Trinajstić information content (AvgIpc) is 2.81. The van der Waals surface area contributed by atoms with Gasteiger partial charge in [0, 0.05) is 17.5 Å². The first-order valence-electron chi connectivity index (χ1n) is 7.40. The van der Waals surface area contributed by atoms with Crippen molar-refractivity contribution in [1.82, 2.24) is 9.88 Å². The van der Waals surface area contributed by atoms with Crippen molar-refractivity contribution >= 4 is 68.8 Å². The minimum Gasteiger partial charge on any atom is -0.481 e. The lowest BCUT2D eigenvalue weighted by Crippen LogP contribution is -2.30. The van der Waals surface area contributed by atoms with Crippen molar-refractivity contribution in [2.24, 2.45) is 0 Å². The highest BCUT2D eigenvalue weighted by Crippen LogP contribution is 2.34. The molecule has 5 nitrogen and oxygen atoms in total. The zero-order valence-electron chi connectivity index (χ0n) is 13.2. The van der Waals surface area contributed by atoms with Gasteiger partial charge in [-0.05, 0) is 24.6 Å². The molecule has 0 bridgehead atoms. The lowest BCUT2D eigenvalue weighted by Gasteiger charge is -2.12. The quantitative estimate of drug-likeness (QED) is 0.484. The summed E-state index contributed by atoms with van der Waals surface area (Å²) in [5.74, 6) is -1.29. The lowest BCUT2D eigenvalue weighted by atomic mass is 10.1. The van der Waals surface area contributed by atoms with Crippen LogP contribution >= 0.6 is 35.6 Å². The summed E-state index contributed by atoms with van der Waals surface area (Å²) in [5.41, 5.74) is 2.46. The molecule has 1 aromatic heterocycles. The molecule has 3 rings (SSSR count). The Morgan fingerprint density at radius 2 is 2.24 bits per heavy atom. The fraction of sp³-hybridized carbons (Fsp3) is 0.176.